The summed E-state index contributed by atoms with van der Waals surface area (Å²) < 4.78 is 26.9. The Morgan fingerprint density at radius 3 is 2.34 bits per heavy atom. The van der Waals surface area contributed by atoms with Crippen LogP contribution >= 0.6 is 0 Å². The Bertz CT molecular complexity index is 999. The predicted molar refractivity (Wildman–Crippen MR) is 136 cm³/mol. The summed E-state index contributed by atoms with van der Waals surface area (Å²) in [7, 11) is -0.246. The maximum absolute atomic E-state index is 15.0. The fourth-order valence-corrected chi connectivity index (χ4v) is 5.09. The van der Waals surface area contributed by atoms with Crippen LogP contribution in [-0.4, -0.2) is 15.4 Å². The summed E-state index contributed by atoms with van der Waals surface area (Å²) in [6, 6.07) is 11.3. The zero-order valence-corrected chi connectivity index (χ0v) is 22.1. The standard InChI is InChI=1S/C28H39FO2Si/c1-27(2,3)32(7,8)31-19-20-12-14-22(24-18-21(30-6)13-15-26(24)29)23(17-20)25-11-9-10-16-28(25,4)5/h11-15,17-18H,9-10,16,19H2,1-8H3. The van der Waals surface area contributed by atoms with Crippen molar-refractivity contribution in [2.24, 2.45) is 5.41 Å². The summed E-state index contributed by atoms with van der Waals surface area (Å²) in [4.78, 5) is 0. The Hall–Kier alpha value is -1.91. The first kappa shape index (κ1) is 24.7. The molecule has 0 atom stereocenters. The lowest BCUT2D eigenvalue weighted by Crippen LogP contribution is -2.40. The van der Waals surface area contributed by atoms with Crippen molar-refractivity contribution in [3.63, 3.8) is 0 Å². The van der Waals surface area contributed by atoms with Crippen LogP contribution in [-0.2, 0) is 11.0 Å². The predicted octanol–water partition coefficient (Wildman–Crippen LogP) is 8.62. The number of ether oxygens (including phenoxy) is 1. The van der Waals surface area contributed by atoms with Crippen LogP contribution in [0.1, 0.15) is 65.0 Å². The third-order valence-electron chi connectivity index (χ3n) is 7.33. The fraction of sp³-hybridized carbons (Fsp3) is 0.500. The van der Waals surface area contributed by atoms with Crippen molar-refractivity contribution < 1.29 is 13.6 Å². The van der Waals surface area contributed by atoms with E-state index < -0.39 is 8.32 Å². The molecule has 0 N–H and O–H groups in total. The monoisotopic (exact) mass is 454 g/mol. The molecule has 0 spiro atoms. The van der Waals surface area contributed by atoms with E-state index in [1.54, 1.807) is 19.2 Å². The van der Waals surface area contributed by atoms with Gasteiger partial charge in [0.1, 0.15) is 11.6 Å². The van der Waals surface area contributed by atoms with E-state index in [0.717, 1.165) is 29.5 Å². The summed E-state index contributed by atoms with van der Waals surface area (Å²) >= 11 is 0. The van der Waals surface area contributed by atoms with Crippen LogP contribution in [0, 0.1) is 11.2 Å². The molecule has 32 heavy (non-hydrogen) atoms. The molecule has 4 heteroatoms. The summed E-state index contributed by atoms with van der Waals surface area (Å²) in [5.74, 6) is 0.432. The second kappa shape index (κ2) is 9.15. The molecule has 1 aliphatic carbocycles. The van der Waals surface area contributed by atoms with Crippen LogP contribution in [0.4, 0.5) is 4.39 Å². The van der Waals surface area contributed by atoms with E-state index in [9.17, 15) is 4.39 Å². The topological polar surface area (TPSA) is 18.5 Å². The molecule has 0 amide bonds. The number of halogens is 1. The van der Waals surface area contributed by atoms with Crippen molar-refractivity contribution in [3.8, 4) is 16.9 Å². The first-order valence-corrected chi connectivity index (χ1v) is 14.6. The highest BCUT2D eigenvalue weighted by molar-refractivity contribution is 6.74. The number of methoxy groups -OCH3 is 1. The molecule has 0 radical (unpaired) electrons. The molecule has 2 aromatic rings. The SMILES string of the molecule is COc1ccc(F)c(-c2ccc(CO[Si](C)(C)C(C)(C)C)cc2C2=CCCCC2(C)C)c1. The van der Waals surface area contributed by atoms with Crippen molar-refractivity contribution in [3.05, 3.63) is 59.4 Å². The van der Waals surface area contributed by atoms with Crippen molar-refractivity contribution in [1.29, 1.82) is 0 Å². The average Bonchev–Trinajstić information content (AvgIpc) is 2.71. The molecular weight excluding hydrogens is 415 g/mol. The Morgan fingerprint density at radius 1 is 1.00 bits per heavy atom. The van der Waals surface area contributed by atoms with Gasteiger partial charge in [-0.05, 0) is 89.3 Å². The van der Waals surface area contributed by atoms with Crippen LogP contribution in [0.15, 0.2) is 42.5 Å². The van der Waals surface area contributed by atoms with Crippen molar-refractivity contribution >= 4 is 13.9 Å². The lowest BCUT2D eigenvalue weighted by molar-refractivity contribution is 0.276. The first-order chi connectivity index (χ1) is 14.9. The largest absolute Gasteiger partial charge is 0.497 e. The molecule has 0 heterocycles. The number of benzene rings is 2. The Kier molecular flexibility index (Phi) is 7.07. The van der Waals surface area contributed by atoms with E-state index >= 15 is 0 Å². The minimum atomic E-state index is -1.86. The first-order valence-electron chi connectivity index (χ1n) is 11.7. The third-order valence-corrected chi connectivity index (χ3v) is 11.8. The Morgan fingerprint density at radius 2 is 1.72 bits per heavy atom. The molecular formula is C28H39FO2Si. The highest BCUT2D eigenvalue weighted by Crippen LogP contribution is 2.46. The molecule has 0 saturated heterocycles. The summed E-state index contributed by atoms with van der Waals surface area (Å²) in [5.41, 5.74) is 5.09. The van der Waals surface area contributed by atoms with Crippen LogP contribution in [0.2, 0.25) is 18.1 Å². The number of allylic oxidation sites excluding steroid dienone is 2. The van der Waals surface area contributed by atoms with E-state index in [1.807, 2.05) is 0 Å². The van der Waals surface area contributed by atoms with Crippen molar-refractivity contribution in [2.75, 3.05) is 7.11 Å². The maximum atomic E-state index is 15.0. The number of hydrogen-bond donors (Lipinski definition) is 0. The fourth-order valence-electron chi connectivity index (χ4n) is 4.13. The molecule has 0 bridgehead atoms. The zero-order valence-electron chi connectivity index (χ0n) is 21.1. The molecule has 0 unspecified atom stereocenters. The van der Waals surface area contributed by atoms with E-state index in [2.05, 4.69) is 72.0 Å². The van der Waals surface area contributed by atoms with Crippen LogP contribution in [0.3, 0.4) is 0 Å². The lowest BCUT2D eigenvalue weighted by Gasteiger charge is -2.36. The maximum Gasteiger partial charge on any atom is 0.192 e. The van der Waals surface area contributed by atoms with Gasteiger partial charge in [-0.1, -0.05) is 52.8 Å². The molecule has 3 rings (SSSR count). The Balaban J connectivity index is 2.10. The highest BCUT2D eigenvalue weighted by Gasteiger charge is 2.37. The molecule has 0 aromatic heterocycles. The van der Waals surface area contributed by atoms with Crippen LogP contribution in [0.5, 0.6) is 5.75 Å². The number of rotatable bonds is 6. The van der Waals surface area contributed by atoms with Crippen LogP contribution in [0.25, 0.3) is 16.7 Å². The summed E-state index contributed by atoms with van der Waals surface area (Å²) in [6.45, 7) is 16.5. The minimum Gasteiger partial charge on any atom is -0.497 e. The van der Waals surface area contributed by atoms with Gasteiger partial charge < -0.3 is 9.16 Å². The molecule has 2 nitrogen and oxygen atoms in total. The molecule has 2 aromatic carbocycles. The smallest absolute Gasteiger partial charge is 0.192 e. The van der Waals surface area contributed by atoms with Gasteiger partial charge in [-0.2, -0.15) is 0 Å². The van der Waals surface area contributed by atoms with E-state index in [0.29, 0.717) is 17.9 Å². The second-order valence-corrected chi connectivity index (χ2v) is 16.0. The van der Waals surface area contributed by atoms with Gasteiger partial charge in [-0.3, -0.25) is 0 Å². The van der Waals surface area contributed by atoms with Crippen molar-refractivity contribution in [1.82, 2.24) is 0 Å². The molecule has 174 valence electrons. The van der Waals surface area contributed by atoms with Gasteiger partial charge in [0.15, 0.2) is 8.32 Å². The van der Waals surface area contributed by atoms with Gasteiger partial charge in [-0.15, -0.1) is 0 Å². The van der Waals surface area contributed by atoms with E-state index in [-0.39, 0.29) is 16.3 Å². The zero-order chi connectivity index (χ0) is 23.7. The van der Waals surface area contributed by atoms with E-state index in [1.165, 1.54) is 18.1 Å². The molecule has 0 aliphatic heterocycles. The third kappa shape index (κ3) is 5.18. The quantitative estimate of drug-likeness (QED) is 0.407. The summed E-state index contributed by atoms with van der Waals surface area (Å²) in [6.07, 6.45) is 5.72. The Labute approximate surface area is 195 Å². The second-order valence-electron chi connectivity index (χ2n) is 11.2. The summed E-state index contributed by atoms with van der Waals surface area (Å²) in [5, 5.41) is 0.160. The normalized spacial score (nSPS) is 16.6. The molecule has 0 fully saturated rings. The van der Waals surface area contributed by atoms with Gasteiger partial charge in [0.2, 0.25) is 0 Å². The van der Waals surface area contributed by atoms with Gasteiger partial charge in [0, 0.05) is 5.56 Å². The minimum absolute atomic E-state index is 0.0429. The van der Waals surface area contributed by atoms with Gasteiger partial charge in [-0.25, -0.2) is 4.39 Å². The molecule has 1 aliphatic rings. The van der Waals surface area contributed by atoms with E-state index in [4.69, 9.17) is 9.16 Å². The van der Waals surface area contributed by atoms with Crippen LogP contribution < -0.4 is 4.74 Å². The number of hydrogen-bond acceptors (Lipinski definition) is 2. The average molecular weight is 455 g/mol. The highest BCUT2D eigenvalue weighted by atomic mass is 28.4. The van der Waals surface area contributed by atoms with Gasteiger partial charge in [0.25, 0.3) is 0 Å². The van der Waals surface area contributed by atoms with Crippen molar-refractivity contribution in [2.45, 2.75) is 78.6 Å². The van der Waals surface area contributed by atoms with Gasteiger partial charge in [0.05, 0.1) is 13.7 Å². The molecule has 0 saturated carbocycles. The lowest BCUT2D eigenvalue weighted by atomic mass is 9.71. The van der Waals surface area contributed by atoms with Gasteiger partial charge >= 0.3 is 0 Å².